The fourth-order valence-corrected chi connectivity index (χ4v) is 10.6. The highest BCUT2D eigenvalue weighted by Crippen LogP contribution is 2.40. The van der Waals surface area contributed by atoms with Crippen LogP contribution < -0.4 is 10.4 Å². The van der Waals surface area contributed by atoms with Crippen LogP contribution in [0.4, 0.5) is 0 Å². The number of ether oxygens (including phenoxy) is 2. The van der Waals surface area contributed by atoms with E-state index in [2.05, 4.69) is 99.6 Å². The Bertz CT molecular complexity index is 1270. The molecular formula is C32H38O4Si. The zero-order valence-electron chi connectivity index (χ0n) is 22.6. The summed E-state index contributed by atoms with van der Waals surface area (Å²) in [7, 11) is -0.938. The van der Waals surface area contributed by atoms with E-state index in [1.54, 1.807) is 7.11 Å². The number of rotatable bonds is 7. The van der Waals surface area contributed by atoms with Crippen LogP contribution in [0.25, 0.3) is 11.0 Å². The van der Waals surface area contributed by atoms with Crippen LogP contribution in [0, 0.1) is 6.92 Å². The number of methoxy groups -OCH3 is 1. The van der Waals surface area contributed by atoms with E-state index in [1.807, 2.05) is 13.0 Å². The molecule has 3 aromatic carbocycles. The molecule has 194 valence electrons. The van der Waals surface area contributed by atoms with Gasteiger partial charge in [0.1, 0.15) is 11.3 Å². The van der Waals surface area contributed by atoms with Crippen molar-refractivity contribution in [2.24, 2.45) is 0 Å². The Balaban J connectivity index is 1.50. The van der Waals surface area contributed by atoms with E-state index in [-0.39, 0.29) is 23.5 Å². The highest BCUT2D eigenvalue weighted by molar-refractivity contribution is 6.99. The van der Waals surface area contributed by atoms with Crippen molar-refractivity contribution in [2.45, 2.75) is 70.5 Å². The van der Waals surface area contributed by atoms with Gasteiger partial charge in [-0.2, -0.15) is 0 Å². The van der Waals surface area contributed by atoms with E-state index in [4.69, 9.17) is 18.3 Å². The van der Waals surface area contributed by atoms with Gasteiger partial charge in [0, 0.05) is 18.9 Å². The second-order valence-electron chi connectivity index (χ2n) is 11.2. The van der Waals surface area contributed by atoms with Crippen molar-refractivity contribution in [2.75, 3.05) is 7.11 Å². The first-order chi connectivity index (χ1) is 17.8. The van der Waals surface area contributed by atoms with E-state index >= 15 is 0 Å². The summed E-state index contributed by atoms with van der Waals surface area (Å²) in [6, 6.07) is 30.1. The molecule has 1 fully saturated rings. The Morgan fingerprint density at radius 2 is 1.51 bits per heavy atom. The molecule has 0 amide bonds. The van der Waals surface area contributed by atoms with Gasteiger partial charge in [0.05, 0.1) is 12.2 Å². The molecule has 0 saturated carbocycles. The molecule has 0 bridgehead atoms. The molecule has 3 atom stereocenters. The average molecular weight is 515 g/mol. The van der Waals surface area contributed by atoms with Crippen molar-refractivity contribution >= 4 is 29.7 Å². The van der Waals surface area contributed by atoms with Crippen LogP contribution in [0.5, 0.6) is 0 Å². The summed E-state index contributed by atoms with van der Waals surface area (Å²) >= 11 is 0. The summed E-state index contributed by atoms with van der Waals surface area (Å²) in [5.74, 6) is 0.926. The first kappa shape index (κ1) is 25.9. The lowest BCUT2D eigenvalue weighted by atomic mass is 9.97. The molecule has 4 nitrogen and oxygen atoms in total. The van der Waals surface area contributed by atoms with Crippen LogP contribution in [0.2, 0.25) is 5.04 Å². The average Bonchev–Trinajstić information content (AvgIpc) is 3.28. The maximum Gasteiger partial charge on any atom is 0.261 e. The number of fused-ring (bicyclic) bond motifs is 1. The van der Waals surface area contributed by atoms with Crippen LogP contribution in [-0.4, -0.2) is 33.9 Å². The molecule has 0 N–H and O–H groups in total. The van der Waals surface area contributed by atoms with Crippen LogP contribution >= 0.6 is 0 Å². The fraction of sp³-hybridized carbons (Fsp3) is 0.375. The number of aryl methyl sites for hydroxylation is 1. The minimum Gasteiger partial charge on any atom is -0.461 e. The van der Waals surface area contributed by atoms with Gasteiger partial charge in [0.15, 0.2) is 6.29 Å². The zero-order chi connectivity index (χ0) is 26.0. The third-order valence-electron chi connectivity index (χ3n) is 7.57. The lowest BCUT2D eigenvalue weighted by Crippen LogP contribution is -2.68. The SMILES string of the molecule is COC1C[C@@H](O[Si](c2ccccc2)(c2ccccc2)C(C)(C)C)C[C@@H](Cc2cccc3oc(C)cc23)O1. The van der Waals surface area contributed by atoms with Crippen molar-refractivity contribution in [3.63, 3.8) is 0 Å². The maximum atomic E-state index is 7.47. The van der Waals surface area contributed by atoms with Gasteiger partial charge in [-0.15, -0.1) is 0 Å². The molecule has 1 saturated heterocycles. The number of hydrogen-bond acceptors (Lipinski definition) is 4. The van der Waals surface area contributed by atoms with Gasteiger partial charge in [0.25, 0.3) is 8.32 Å². The molecule has 0 aliphatic carbocycles. The molecule has 0 radical (unpaired) electrons. The summed E-state index contributed by atoms with van der Waals surface area (Å²) in [6.45, 7) is 8.97. The van der Waals surface area contributed by atoms with Gasteiger partial charge in [-0.25, -0.2) is 0 Å². The predicted molar refractivity (Wildman–Crippen MR) is 152 cm³/mol. The van der Waals surface area contributed by atoms with Crippen molar-refractivity contribution < 1.29 is 18.3 Å². The van der Waals surface area contributed by atoms with Gasteiger partial charge in [-0.3, -0.25) is 0 Å². The quantitative estimate of drug-likeness (QED) is 0.268. The van der Waals surface area contributed by atoms with E-state index in [1.165, 1.54) is 15.9 Å². The Labute approximate surface area is 221 Å². The predicted octanol–water partition coefficient (Wildman–Crippen LogP) is 6.38. The fourth-order valence-electron chi connectivity index (χ4n) is 5.92. The summed E-state index contributed by atoms with van der Waals surface area (Å²) in [5.41, 5.74) is 2.16. The van der Waals surface area contributed by atoms with Gasteiger partial charge in [-0.05, 0) is 52.9 Å². The Morgan fingerprint density at radius 1 is 0.865 bits per heavy atom. The minimum atomic E-state index is -2.67. The van der Waals surface area contributed by atoms with Gasteiger partial charge >= 0.3 is 0 Å². The second kappa shape index (κ2) is 10.6. The van der Waals surface area contributed by atoms with Crippen molar-refractivity contribution in [3.8, 4) is 0 Å². The molecular weight excluding hydrogens is 476 g/mol. The molecule has 5 rings (SSSR count). The van der Waals surface area contributed by atoms with Crippen molar-refractivity contribution in [3.05, 3.63) is 96.3 Å². The van der Waals surface area contributed by atoms with Crippen LogP contribution in [0.1, 0.15) is 44.9 Å². The lowest BCUT2D eigenvalue weighted by molar-refractivity contribution is -0.200. The molecule has 5 heteroatoms. The molecule has 1 unspecified atom stereocenters. The number of hydrogen-bond donors (Lipinski definition) is 0. The monoisotopic (exact) mass is 514 g/mol. The normalized spacial score (nSPS) is 20.8. The molecule has 0 spiro atoms. The van der Waals surface area contributed by atoms with Crippen LogP contribution in [0.15, 0.2) is 89.3 Å². The van der Waals surface area contributed by atoms with Gasteiger partial charge in [-0.1, -0.05) is 93.6 Å². The molecule has 1 aliphatic rings. The molecule has 37 heavy (non-hydrogen) atoms. The van der Waals surface area contributed by atoms with E-state index < -0.39 is 8.32 Å². The van der Waals surface area contributed by atoms with E-state index in [9.17, 15) is 0 Å². The zero-order valence-corrected chi connectivity index (χ0v) is 23.6. The van der Waals surface area contributed by atoms with Crippen LogP contribution in [-0.2, 0) is 20.3 Å². The van der Waals surface area contributed by atoms with Crippen molar-refractivity contribution in [1.82, 2.24) is 0 Å². The molecule has 1 aromatic heterocycles. The third kappa shape index (κ3) is 5.19. The summed E-state index contributed by atoms with van der Waals surface area (Å²) in [5, 5.41) is 3.67. The van der Waals surface area contributed by atoms with Gasteiger partial charge < -0.3 is 18.3 Å². The molecule has 1 aliphatic heterocycles. The summed E-state index contributed by atoms with van der Waals surface area (Å²) in [4.78, 5) is 0. The largest absolute Gasteiger partial charge is 0.461 e. The first-order valence-corrected chi connectivity index (χ1v) is 15.2. The Morgan fingerprint density at radius 3 is 2.11 bits per heavy atom. The molecule has 2 heterocycles. The lowest BCUT2D eigenvalue weighted by Gasteiger charge is -2.47. The second-order valence-corrected chi connectivity index (χ2v) is 15.4. The highest BCUT2D eigenvalue weighted by atomic mass is 28.4. The third-order valence-corrected chi connectivity index (χ3v) is 12.7. The summed E-state index contributed by atoms with van der Waals surface area (Å²) < 4.78 is 25.6. The number of furan rings is 1. The Hall–Kier alpha value is -2.70. The minimum absolute atomic E-state index is 0.0114. The Kier molecular flexibility index (Phi) is 7.41. The van der Waals surface area contributed by atoms with Crippen molar-refractivity contribution in [1.29, 1.82) is 0 Å². The standard InChI is InChI=1S/C32H38O4Si/c1-23-19-29-24(13-12-18-30(29)34-23)20-25-21-26(22-31(33-5)35-25)36-37(32(2,3)4,27-14-8-6-9-15-27)28-16-10-7-11-17-28/h6-19,25-26,31H,20-22H2,1-5H3/t25-,26+,31?/m1/s1. The van der Waals surface area contributed by atoms with E-state index in [0.29, 0.717) is 6.42 Å². The van der Waals surface area contributed by atoms with Crippen LogP contribution in [0.3, 0.4) is 0 Å². The smallest absolute Gasteiger partial charge is 0.261 e. The topological polar surface area (TPSA) is 40.8 Å². The number of benzene rings is 3. The van der Waals surface area contributed by atoms with Gasteiger partial charge in [0.2, 0.25) is 0 Å². The molecule has 4 aromatic rings. The summed E-state index contributed by atoms with van der Waals surface area (Å²) in [6.07, 6.45) is 2.02. The maximum absolute atomic E-state index is 7.47. The van der Waals surface area contributed by atoms with E-state index in [0.717, 1.165) is 29.6 Å². The first-order valence-electron chi connectivity index (χ1n) is 13.3. The highest BCUT2D eigenvalue weighted by Gasteiger charge is 2.52.